The van der Waals surface area contributed by atoms with Crippen LogP contribution in [0.1, 0.15) is 27.0 Å². The SMILES string of the molecule is CO[C@]1(O)[C@H](n2ccc(=O)[nH]c2=O)O[C@H](COP(=O)(O)O)[C@]1(O)C(=O)C(C)(C)C. The molecule has 1 aliphatic rings. The molecular weight excluding hydrogens is 415 g/mol. The van der Waals surface area contributed by atoms with Gasteiger partial charge in [0.2, 0.25) is 5.60 Å². The molecule has 0 bridgehead atoms. The number of carbonyl (C=O) groups is 1. The Hall–Kier alpha value is -1.70. The van der Waals surface area contributed by atoms with Crippen LogP contribution in [0.3, 0.4) is 0 Å². The summed E-state index contributed by atoms with van der Waals surface area (Å²) in [4.78, 5) is 56.4. The maximum atomic E-state index is 13.0. The number of aromatic nitrogens is 2. The second-order valence-electron chi connectivity index (χ2n) is 7.53. The molecule has 14 heteroatoms. The molecule has 0 aliphatic carbocycles. The van der Waals surface area contributed by atoms with E-state index in [-0.39, 0.29) is 0 Å². The van der Waals surface area contributed by atoms with E-state index in [9.17, 15) is 29.2 Å². The number of ether oxygens (including phenoxy) is 2. The highest BCUT2D eigenvalue weighted by atomic mass is 31.2. The van der Waals surface area contributed by atoms with E-state index in [4.69, 9.17) is 19.3 Å². The number of nitrogens with one attached hydrogen (secondary N) is 1. The van der Waals surface area contributed by atoms with Crippen molar-refractivity contribution in [2.75, 3.05) is 13.7 Å². The van der Waals surface area contributed by atoms with Crippen LogP contribution in [0.5, 0.6) is 0 Å². The lowest BCUT2D eigenvalue weighted by Gasteiger charge is -2.41. The van der Waals surface area contributed by atoms with Crippen LogP contribution in [-0.4, -0.2) is 66.5 Å². The molecule has 0 unspecified atom stereocenters. The first-order chi connectivity index (χ1) is 13.1. The molecular formula is C15H23N2O11P. The molecule has 1 aliphatic heterocycles. The van der Waals surface area contributed by atoms with Crippen LogP contribution in [0, 0.1) is 5.41 Å². The molecule has 0 radical (unpaired) electrons. The molecule has 0 spiro atoms. The predicted molar refractivity (Wildman–Crippen MR) is 94.6 cm³/mol. The average Bonchev–Trinajstić information content (AvgIpc) is 2.80. The summed E-state index contributed by atoms with van der Waals surface area (Å²) in [6.45, 7) is 3.24. The number of aliphatic hydroxyl groups is 2. The minimum Gasteiger partial charge on any atom is -0.375 e. The number of H-pyrrole nitrogens is 1. The number of methoxy groups -OCH3 is 1. The molecule has 2 rings (SSSR count). The van der Waals surface area contributed by atoms with Gasteiger partial charge in [-0.3, -0.25) is 23.7 Å². The average molecular weight is 438 g/mol. The molecule has 29 heavy (non-hydrogen) atoms. The number of ketones is 1. The lowest BCUT2D eigenvalue weighted by molar-refractivity contribution is -0.291. The number of nitrogens with zero attached hydrogens (tertiary/aromatic N) is 1. The standard InChI is InChI=1S/C15H23N2O11P/c1-13(2,3)10(19)14(21)8(7-27-29(23,24)25)28-11(15(14,22)26-4)17-6-5-9(18)16-12(17)20/h5-6,8,11,21-22H,7H2,1-4H3,(H,16,18,20)(H2,23,24,25)/t8-,11-,14+,15-/m1/s1. The highest BCUT2D eigenvalue weighted by molar-refractivity contribution is 7.46. The van der Waals surface area contributed by atoms with E-state index in [1.165, 1.54) is 20.8 Å². The first-order valence-corrected chi connectivity index (χ1v) is 9.83. The fraction of sp³-hybridized carbons (Fsp3) is 0.667. The summed E-state index contributed by atoms with van der Waals surface area (Å²) in [6, 6.07) is 0.922. The van der Waals surface area contributed by atoms with E-state index in [0.717, 1.165) is 19.4 Å². The Bertz CT molecular complexity index is 945. The normalized spacial score (nSPS) is 30.5. The van der Waals surface area contributed by atoms with Crippen molar-refractivity contribution in [1.29, 1.82) is 0 Å². The van der Waals surface area contributed by atoms with Gasteiger partial charge in [-0.2, -0.15) is 0 Å². The number of phosphoric ester groups is 1. The van der Waals surface area contributed by atoms with E-state index in [1.807, 2.05) is 4.98 Å². The Morgan fingerprint density at radius 1 is 1.34 bits per heavy atom. The molecule has 1 saturated heterocycles. The molecule has 5 N–H and O–H groups in total. The summed E-state index contributed by atoms with van der Waals surface area (Å²) >= 11 is 0. The summed E-state index contributed by atoms with van der Waals surface area (Å²) in [7, 11) is -4.11. The van der Waals surface area contributed by atoms with Crippen LogP contribution in [-0.2, 0) is 23.4 Å². The number of Topliss-reactive ketones (excluding diaryl/α,β-unsaturated/α-hetero) is 1. The Kier molecular flexibility index (Phi) is 6.12. The van der Waals surface area contributed by atoms with Gasteiger partial charge in [0.05, 0.1) is 6.61 Å². The molecule has 0 amide bonds. The minimum atomic E-state index is -5.04. The first-order valence-electron chi connectivity index (χ1n) is 8.29. The maximum Gasteiger partial charge on any atom is 0.469 e. The quantitative estimate of drug-likeness (QED) is 0.249. The van der Waals surface area contributed by atoms with Crippen LogP contribution in [0.4, 0.5) is 0 Å². The van der Waals surface area contributed by atoms with Crippen molar-refractivity contribution in [1.82, 2.24) is 9.55 Å². The topological polar surface area (TPSA) is 198 Å². The Morgan fingerprint density at radius 3 is 2.38 bits per heavy atom. The molecule has 1 fully saturated rings. The fourth-order valence-corrected chi connectivity index (χ4v) is 3.42. The lowest BCUT2D eigenvalue weighted by atomic mass is 9.73. The van der Waals surface area contributed by atoms with Gasteiger partial charge in [-0.1, -0.05) is 20.8 Å². The molecule has 2 heterocycles. The van der Waals surface area contributed by atoms with Crippen molar-refractivity contribution in [3.63, 3.8) is 0 Å². The van der Waals surface area contributed by atoms with E-state index in [2.05, 4.69) is 4.52 Å². The van der Waals surface area contributed by atoms with Gasteiger partial charge in [0, 0.05) is 24.8 Å². The molecule has 1 aromatic heterocycles. The highest BCUT2D eigenvalue weighted by Crippen LogP contribution is 2.50. The maximum absolute atomic E-state index is 13.0. The third kappa shape index (κ3) is 4.13. The van der Waals surface area contributed by atoms with Crippen LogP contribution in [0.2, 0.25) is 0 Å². The monoisotopic (exact) mass is 438 g/mol. The smallest absolute Gasteiger partial charge is 0.375 e. The van der Waals surface area contributed by atoms with E-state index < -0.39 is 60.6 Å². The summed E-state index contributed by atoms with van der Waals surface area (Å²) < 4.78 is 26.5. The third-order valence-electron chi connectivity index (χ3n) is 4.48. The number of carbonyl (C=O) groups excluding carboxylic acids is 1. The number of aromatic amines is 1. The fourth-order valence-electron chi connectivity index (χ4n) is 3.09. The Labute approximate surface area is 164 Å². The van der Waals surface area contributed by atoms with Crippen molar-refractivity contribution >= 4 is 13.6 Å². The van der Waals surface area contributed by atoms with Crippen molar-refractivity contribution in [2.24, 2.45) is 5.41 Å². The van der Waals surface area contributed by atoms with Crippen LogP contribution in [0.15, 0.2) is 21.9 Å². The molecule has 1 aromatic rings. The van der Waals surface area contributed by atoms with Gasteiger partial charge in [0.25, 0.3) is 11.3 Å². The van der Waals surface area contributed by atoms with Gasteiger partial charge in [0.15, 0.2) is 12.0 Å². The third-order valence-corrected chi connectivity index (χ3v) is 4.96. The van der Waals surface area contributed by atoms with Crippen molar-refractivity contribution in [3.8, 4) is 0 Å². The Morgan fingerprint density at radius 2 is 1.93 bits per heavy atom. The zero-order valence-corrected chi connectivity index (χ0v) is 17.0. The van der Waals surface area contributed by atoms with Gasteiger partial charge in [-0.05, 0) is 0 Å². The highest BCUT2D eigenvalue weighted by Gasteiger charge is 2.73. The summed E-state index contributed by atoms with van der Waals surface area (Å²) in [5, 5.41) is 22.4. The molecule has 13 nitrogen and oxygen atoms in total. The lowest BCUT2D eigenvalue weighted by Crippen LogP contribution is -2.67. The van der Waals surface area contributed by atoms with Gasteiger partial charge in [0.1, 0.15) is 6.10 Å². The zero-order valence-electron chi connectivity index (χ0n) is 16.1. The van der Waals surface area contributed by atoms with Crippen LogP contribution >= 0.6 is 7.82 Å². The second-order valence-corrected chi connectivity index (χ2v) is 8.77. The molecule has 4 atom stereocenters. The molecule has 164 valence electrons. The number of hydrogen-bond acceptors (Lipinski definition) is 9. The van der Waals surface area contributed by atoms with Crippen molar-refractivity contribution in [3.05, 3.63) is 33.1 Å². The largest absolute Gasteiger partial charge is 0.469 e. The first kappa shape index (κ1) is 23.6. The summed E-state index contributed by atoms with van der Waals surface area (Å²) in [5.41, 5.74) is -6.00. The second kappa shape index (κ2) is 7.52. The Balaban J connectivity index is 2.67. The van der Waals surface area contributed by atoms with Crippen molar-refractivity contribution in [2.45, 2.75) is 44.5 Å². The molecule has 0 aromatic carbocycles. The number of hydrogen-bond donors (Lipinski definition) is 5. The zero-order chi connectivity index (χ0) is 22.4. The van der Waals surface area contributed by atoms with Gasteiger partial charge >= 0.3 is 13.5 Å². The summed E-state index contributed by atoms with van der Waals surface area (Å²) in [5.74, 6) is -3.89. The van der Waals surface area contributed by atoms with Gasteiger partial charge < -0.3 is 29.5 Å². The van der Waals surface area contributed by atoms with Gasteiger partial charge in [-0.15, -0.1) is 0 Å². The van der Waals surface area contributed by atoms with E-state index in [0.29, 0.717) is 4.57 Å². The summed E-state index contributed by atoms with van der Waals surface area (Å²) in [6.07, 6.45) is -2.79. The van der Waals surface area contributed by atoms with Crippen LogP contribution < -0.4 is 11.2 Å². The number of phosphoric acid groups is 1. The van der Waals surface area contributed by atoms with Crippen LogP contribution in [0.25, 0.3) is 0 Å². The number of rotatable bonds is 6. The van der Waals surface area contributed by atoms with Gasteiger partial charge in [-0.25, -0.2) is 9.36 Å². The van der Waals surface area contributed by atoms with Crippen molar-refractivity contribution < 1.29 is 43.4 Å². The van der Waals surface area contributed by atoms with E-state index >= 15 is 0 Å². The predicted octanol–water partition coefficient (Wildman–Crippen LogP) is -1.78. The minimum absolute atomic E-state index is 0.656. The van der Waals surface area contributed by atoms with E-state index in [1.54, 1.807) is 0 Å². The molecule has 0 saturated carbocycles.